The van der Waals surface area contributed by atoms with Crippen molar-refractivity contribution in [1.82, 2.24) is 14.3 Å². The molecule has 0 radical (unpaired) electrons. The van der Waals surface area contributed by atoms with E-state index in [9.17, 15) is 0 Å². The first-order chi connectivity index (χ1) is 9.20. The third-order valence-electron chi connectivity index (χ3n) is 4.21. The minimum absolute atomic E-state index is 0.366. The summed E-state index contributed by atoms with van der Waals surface area (Å²) < 4.78 is 2.10. The topological polar surface area (TPSA) is 46.6 Å². The summed E-state index contributed by atoms with van der Waals surface area (Å²) in [4.78, 5) is 7.32. The van der Waals surface area contributed by atoms with Gasteiger partial charge in [0.05, 0.1) is 11.7 Å². The van der Waals surface area contributed by atoms with E-state index in [1.54, 1.807) is 0 Å². The van der Waals surface area contributed by atoms with E-state index < -0.39 is 0 Å². The Morgan fingerprint density at radius 2 is 2.26 bits per heavy atom. The Hall–Kier alpha value is -1.39. The average molecular weight is 258 g/mol. The van der Waals surface area contributed by atoms with Gasteiger partial charge in [0, 0.05) is 18.4 Å². The fourth-order valence-electron chi connectivity index (χ4n) is 3.22. The van der Waals surface area contributed by atoms with Crippen LogP contribution in [0.15, 0.2) is 30.6 Å². The van der Waals surface area contributed by atoms with Crippen molar-refractivity contribution in [3.05, 3.63) is 36.3 Å². The van der Waals surface area contributed by atoms with E-state index in [4.69, 9.17) is 10.7 Å². The molecule has 1 fully saturated rings. The summed E-state index contributed by atoms with van der Waals surface area (Å²) in [5, 5.41) is 0. The lowest BCUT2D eigenvalue weighted by atomic mass is 9.98. The molecular formula is C15H22N4. The predicted molar refractivity (Wildman–Crippen MR) is 76.9 cm³/mol. The molecular weight excluding hydrogens is 236 g/mol. The third-order valence-corrected chi connectivity index (χ3v) is 4.21. The van der Waals surface area contributed by atoms with Crippen LogP contribution in [0.4, 0.5) is 0 Å². The summed E-state index contributed by atoms with van der Waals surface area (Å²) in [7, 11) is 0. The molecule has 1 saturated heterocycles. The molecule has 0 aromatic carbocycles. The zero-order valence-electron chi connectivity index (χ0n) is 11.7. The van der Waals surface area contributed by atoms with Crippen molar-refractivity contribution in [3.63, 3.8) is 0 Å². The highest BCUT2D eigenvalue weighted by atomic mass is 15.2. The number of rotatable bonds is 3. The summed E-state index contributed by atoms with van der Waals surface area (Å²) >= 11 is 0. The van der Waals surface area contributed by atoms with E-state index in [1.165, 1.54) is 6.42 Å². The third kappa shape index (κ3) is 2.15. The van der Waals surface area contributed by atoms with Crippen molar-refractivity contribution in [2.75, 3.05) is 13.1 Å². The molecule has 2 unspecified atom stereocenters. The number of likely N-dealkylation sites (tertiary alicyclic amines) is 1. The number of fused-ring (bicyclic) bond motifs is 1. The molecule has 0 amide bonds. The standard InChI is InChI=1S/C15H22N4/c1-11(2)19-8-6-12(9-16)15(19)13-10-18-7-4-3-5-14(18)17-13/h3-5,7,10-12,15H,6,8-9,16H2,1-2H3. The Morgan fingerprint density at radius 3 is 2.95 bits per heavy atom. The van der Waals surface area contributed by atoms with Crippen LogP contribution in [-0.2, 0) is 0 Å². The summed E-state index contributed by atoms with van der Waals surface area (Å²) in [6.07, 6.45) is 5.38. The van der Waals surface area contributed by atoms with Crippen LogP contribution in [0.5, 0.6) is 0 Å². The van der Waals surface area contributed by atoms with Gasteiger partial charge in [0.1, 0.15) is 5.65 Å². The Balaban J connectivity index is 2.01. The van der Waals surface area contributed by atoms with Crippen LogP contribution < -0.4 is 5.73 Å². The normalized spacial score (nSPS) is 24.6. The lowest BCUT2D eigenvalue weighted by Crippen LogP contribution is -2.33. The van der Waals surface area contributed by atoms with Crippen LogP contribution in [0, 0.1) is 5.92 Å². The maximum absolute atomic E-state index is 5.96. The lowest BCUT2D eigenvalue weighted by molar-refractivity contribution is 0.181. The van der Waals surface area contributed by atoms with E-state index in [0.717, 1.165) is 24.4 Å². The monoisotopic (exact) mass is 258 g/mol. The minimum Gasteiger partial charge on any atom is -0.330 e. The molecule has 1 aliphatic rings. The molecule has 0 saturated carbocycles. The number of hydrogen-bond donors (Lipinski definition) is 1. The zero-order valence-corrected chi connectivity index (χ0v) is 11.7. The van der Waals surface area contributed by atoms with Crippen LogP contribution >= 0.6 is 0 Å². The van der Waals surface area contributed by atoms with E-state index in [1.807, 2.05) is 12.1 Å². The largest absolute Gasteiger partial charge is 0.330 e. The number of nitrogens with two attached hydrogens (primary N) is 1. The molecule has 0 aliphatic carbocycles. The number of aromatic nitrogens is 2. The van der Waals surface area contributed by atoms with E-state index >= 15 is 0 Å². The Kier molecular flexibility index (Phi) is 3.29. The smallest absolute Gasteiger partial charge is 0.137 e. The average Bonchev–Trinajstić information content (AvgIpc) is 3.01. The van der Waals surface area contributed by atoms with Gasteiger partial charge in [-0.1, -0.05) is 6.07 Å². The van der Waals surface area contributed by atoms with Crippen LogP contribution in [0.25, 0.3) is 5.65 Å². The van der Waals surface area contributed by atoms with Crippen LogP contribution in [0.2, 0.25) is 0 Å². The molecule has 3 heterocycles. The van der Waals surface area contributed by atoms with Gasteiger partial charge in [0.2, 0.25) is 0 Å². The summed E-state index contributed by atoms with van der Waals surface area (Å²) in [6.45, 7) is 6.36. The molecule has 1 aliphatic heterocycles. The number of pyridine rings is 1. The Morgan fingerprint density at radius 1 is 1.42 bits per heavy atom. The quantitative estimate of drug-likeness (QED) is 0.916. The van der Waals surface area contributed by atoms with Gasteiger partial charge in [-0.2, -0.15) is 0 Å². The first-order valence-electron chi connectivity index (χ1n) is 7.10. The molecule has 2 aromatic rings. The van der Waals surface area contributed by atoms with Gasteiger partial charge in [-0.15, -0.1) is 0 Å². The first kappa shape index (κ1) is 12.6. The Bertz CT molecular complexity index is 527. The summed E-state index contributed by atoms with van der Waals surface area (Å²) in [6, 6.07) is 7.02. The Labute approximate surface area is 114 Å². The second kappa shape index (κ2) is 4.94. The summed E-state index contributed by atoms with van der Waals surface area (Å²) in [5.74, 6) is 0.521. The molecule has 3 rings (SSSR count). The van der Waals surface area contributed by atoms with Gasteiger partial charge < -0.3 is 10.1 Å². The predicted octanol–water partition coefficient (Wildman–Crippen LogP) is 2.06. The van der Waals surface area contributed by atoms with E-state index in [2.05, 4.69) is 41.6 Å². The van der Waals surface area contributed by atoms with Crippen LogP contribution in [0.1, 0.15) is 32.0 Å². The van der Waals surface area contributed by atoms with Crippen molar-refractivity contribution in [2.24, 2.45) is 11.7 Å². The first-order valence-corrected chi connectivity index (χ1v) is 7.10. The lowest BCUT2D eigenvalue weighted by Gasteiger charge is -2.29. The SMILES string of the molecule is CC(C)N1CCC(CN)C1c1cn2ccccc2n1. The molecule has 102 valence electrons. The van der Waals surface area contributed by atoms with Crippen molar-refractivity contribution >= 4 is 5.65 Å². The highest BCUT2D eigenvalue weighted by Crippen LogP contribution is 2.37. The number of nitrogens with zero attached hydrogens (tertiary/aromatic N) is 3. The molecule has 4 nitrogen and oxygen atoms in total. The molecule has 2 aromatic heterocycles. The van der Waals surface area contributed by atoms with Gasteiger partial charge in [0.15, 0.2) is 0 Å². The highest BCUT2D eigenvalue weighted by molar-refractivity contribution is 5.40. The van der Waals surface area contributed by atoms with Crippen LogP contribution in [0.3, 0.4) is 0 Å². The fourth-order valence-corrected chi connectivity index (χ4v) is 3.22. The van der Waals surface area contributed by atoms with Crippen molar-refractivity contribution in [2.45, 2.75) is 32.4 Å². The second-order valence-corrected chi connectivity index (χ2v) is 5.69. The fraction of sp³-hybridized carbons (Fsp3) is 0.533. The molecule has 19 heavy (non-hydrogen) atoms. The molecule has 2 atom stereocenters. The van der Waals surface area contributed by atoms with Crippen molar-refractivity contribution < 1.29 is 0 Å². The molecule has 0 spiro atoms. The van der Waals surface area contributed by atoms with Gasteiger partial charge in [-0.3, -0.25) is 4.90 Å². The highest BCUT2D eigenvalue weighted by Gasteiger charge is 2.37. The maximum Gasteiger partial charge on any atom is 0.137 e. The number of imidazole rings is 1. The van der Waals surface area contributed by atoms with Gasteiger partial charge in [0.25, 0.3) is 0 Å². The van der Waals surface area contributed by atoms with Crippen molar-refractivity contribution in [3.8, 4) is 0 Å². The number of hydrogen-bond acceptors (Lipinski definition) is 3. The molecule has 0 bridgehead atoms. The van der Waals surface area contributed by atoms with Gasteiger partial charge >= 0.3 is 0 Å². The zero-order chi connectivity index (χ0) is 13.4. The maximum atomic E-state index is 5.96. The van der Waals surface area contributed by atoms with E-state index in [0.29, 0.717) is 18.0 Å². The minimum atomic E-state index is 0.366. The second-order valence-electron chi connectivity index (χ2n) is 5.69. The molecule has 2 N–H and O–H groups in total. The van der Waals surface area contributed by atoms with E-state index in [-0.39, 0.29) is 0 Å². The van der Waals surface area contributed by atoms with Gasteiger partial charge in [-0.25, -0.2) is 4.98 Å². The van der Waals surface area contributed by atoms with Crippen LogP contribution in [-0.4, -0.2) is 33.4 Å². The molecule has 4 heteroatoms. The summed E-state index contributed by atoms with van der Waals surface area (Å²) in [5.41, 5.74) is 8.13. The van der Waals surface area contributed by atoms with Gasteiger partial charge in [-0.05, 0) is 51.4 Å². The van der Waals surface area contributed by atoms with Crippen molar-refractivity contribution in [1.29, 1.82) is 0 Å².